The second-order valence-electron chi connectivity index (χ2n) is 6.35. The molecule has 1 amide bonds. The molecule has 0 aromatic heterocycles. The van der Waals surface area contributed by atoms with E-state index in [0.717, 1.165) is 37.9 Å². The SMILES string of the molecule is C=CC(CC(=O)N1CCC(CC)(CO)CC1)c1ccccc1. The third-order valence-electron chi connectivity index (χ3n) is 5.17. The van der Waals surface area contributed by atoms with E-state index >= 15 is 0 Å². The molecular formula is C19H27NO2. The van der Waals surface area contributed by atoms with E-state index in [1.54, 1.807) is 0 Å². The van der Waals surface area contributed by atoms with Crippen LogP contribution in [0.3, 0.4) is 0 Å². The van der Waals surface area contributed by atoms with Crippen LogP contribution in [0.4, 0.5) is 0 Å². The number of allylic oxidation sites excluding steroid dienone is 1. The normalized spacial score (nSPS) is 18.7. The maximum Gasteiger partial charge on any atom is 0.223 e. The zero-order valence-corrected chi connectivity index (χ0v) is 13.5. The Morgan fingerprint density at radius 2 is 2.00 bits per heavy atom. The lowest BCUT2D eigenvalue weighted by Crippen LogP contribution is -2.44. The van der Waals surface area contributed by atoms with Crippen LogP contribution in [0.15, 0.2) is 43.0 Å². The van der Waals surface area contributed by atoms with Crippen molar-refractivity contribution in [1.29, 1.82) is 0 Å². The molecule has 0 radical (unpaired) electrons. The Morgan fingerprint density at radius 3 is 2.50 bits per heavy atom. The predicted octanol–water partition coefficient (Wildman–Crippen LogP) is 3.36. The van der Waals surface area contributed by atoms with Crippen molar-refractivity contribution in [3.8, 4) is 0 Å². The zero-order chi connectivity index (χ0) is 16.0. The minimum atomic E-state index is 0.0219. The van der Waals surface area contributed by atoms with E-state index in [1.165, 1.54) is 0 Å². The number of rotatable bonds is 6. The van der Waals surface area contributed by atoms with Crippen molar-refractivity contribution >= 4 is 5.91 Å². The molecule has 1 aliphatic heterocycles. The molecule has 1 heterocycles. The second kappa shape index (κ2) is 7.59. The van der Waals surface area contributed by atoms with Gasteiger partial charge in [0.05, 0.1) is 0 Å². The van der Waals surface area contributed by atoms with Gasteiger partial charge in [-0.15, -0.1) is 6.58 Å². The lowest BCUT2D eigenvalue weighted by molar-refractivity contribution is -0.134. The predicted molar refractivity (Wildman–Crippen MR) is 89.6 cm³/mol. The Hall–Kier alpha value is -1.61. The van der Waals surface area contributed by atoms with Gasteiger partial charge in [-0.3, -0.25) is 4.79 Å². The summed E-state index contributed by atoms with van der Waals surface area (Å²) in [5.41, 5.74) is 1.16. The van der Waals surface area contributed by atoms with Crippen molar-refractivity contribution in [2.75, 3.05) is 19.7 Å². The highest BCUT2D eigenvalue weighted by Crippen LogP contribution is 2.34. The molecule has 1 aromatic carbocycles. The van der Waals surface area contributed by atoms with E-state index in [4.69, 9.17) is 0 Å². The van der Waals surface area contributed by atoms with Crippen LogP contribution in [0.25, 0.3) is 0 Å². The topological polar surface area (TPSA) is 40.5 Å². The molecule has 3 heteroatoms. The fourth-order valence-electron chi connectivity index (χ4n) is 3.21. The third-order valence-corrected chi connectivity index (χ3v) is 5.17. The van der Waals surface area contributed by atoms with Crippen molar-refractivity contribution in [2.24, 2.45) is 5.41 Å². The van der Waals surface area contributed by atoms with E-state index in [1.807, 2.05) is 41.3 Å². The van der Waals surface area contributed by atoms with Crippen LogP contribution in [0.1, 0.15) is 44.1 Å². The van der Waals surface area contributed by atoms with Crippen molar-refractivity contribution in [1.82, 2.24) is 4.90 Å². The molecule has 1 atom stereocenters. The monoisotopic (exact) mass is 301 g/mol. The van der Waals surface area contributed by atoms with Gasteiger partial charge >= 0.3 is 0 Å². The van der Waals surface area contributed by atoms with Gasteiger partial charge in [0.2, 0.25) is 5.91 Å². The van der Waals surface area contributed by atoms with Crippen LogP contribution in [-0.2, 0) is 4.79 Å². The first-order valence-electron chi connectivity index (χ1n) is 8.20. The first kappa shape index (κ1) is 16.8. The molecule has 0 aliphatic carbocycles. The van der Waals surface area contributed by atoms with Gasteiger partial charge < -0.3 is 10.0 Å². The standard InChI is InChI=1S/C19H27NO2/c1-3-16(17-8-6-5-7-9-17)14-18(22)20-12-10-19(4-2,15-21)11-13-20/h3,5-9,16,21H,1,4,10-15H2,2H3. The summed E-state index contributed by atoms with van der Waals surface area (Å²) in [7, 11) is 0. The Balaban J connectivity index is 1.94. The van der Waals surface area contributed by atoms with Gasteiger partial charge in [0, 0.05) is 32.0 Å². The Bertz CT molecular complexity index is 483. The molecule has 1 aromatic rings. The van der Waals surface area contributed by atoms with Gasteiger partial charge in [0.1, 0.15) is 0 Å². The highest BCUT2D eigenvalue weighted by atomic mass is 16.3. The number of amides is 1. The second-order valence-corrected chi connectivity index (χ2v) is 6.35. The van der Waals surface area contributed by atoms with Gasteiger partial charge in [-0.1, -0.05) is 43.3 Å². The number of aliphatic hydroxyl groups excluding tert-OH is 1. The van der Waals surface area contributed by atoms with Crippen LogP contribution >= 0.6 is 0 Å². The molecule has 1 saturated heterocycles. The van der Waals surface area contributed by atoms with Crippen LogP contribution in [-0.4, -0.2) is 35.6 Å². The molecule has 2 rings (SSSR count). The van der Waals surface area contributed by atoms with E-state index < -0.39 is 0 Å². The number of carbonyl (C=O) groups excluding carboxylic acids is 1. The lowest BCUT2D eigenvalue weighted by atomic mass is 9.77. The number of aliphatic hydroxyl groups is 1. The Morgan fingerprint density at radius 1 is 1.36 bits per heavy atom. The van der Waals surface area contributed by atoms with Crippen LogP contribution < -0.4 is 0 Å². The zero-order valence-electron chi connectivity index (χ0n) is 13.5. The molecule has 3 nitrogen and oxygen atoms in total. The van der Waals surface area contributed by atoms with Gasteiger partial charge in [-0.25, -0.2) is 0 Å². The molecule has 0 bridgehead atoms. The minimum Gasteiger partial charge on any atom is -0.396 e. The molecule has 1 fully saturated rings. The van der Waals surface area contributed by atoms with Crippen LogP contribution in [0.2, 0.25) is 0 Å². The summed E-state index contributed by atoms with van der Waals surface area (Å²) < 4.78 is 0. The lowest BCUT2D eigenvalue weighted by Gasteiger charge is -2.40. The van der Waals surface area contributed by atoms with Gasteiger partial charge in [0.15, 0.2) is 0 Å². The third kappa shape index (κ3) is 3.77. The molecule has 1 N–H and O–H groups in total. The summed E-state index contributed by atoms with van der Waals surface area (Å²) in [6.45, 7) is 7.74. The molecular weight excluding hydrogens is 274 g/mol. The first-order chi connectivity index (χ1) is 10.6. The summed E-state index contributed by atoms with van der Waals surface area (Å²) in [6.07, 6.45) is 5.11. The molecule has 1 unspecified atom stereocenters. The number of likely N-dealkylation sites (tertiary alicyclic amines) is 1. The smallest absolute Gasteiger partial charge is 0.223 e. The average molecular weight is 301 g/mol. The average Bonchev–Trinajstić information content (AvgIpc) is 2.60. The van der Waals surface area contributed by atoms with Crippen molar-refractivity contribution in [3.63, 3.8) is 0 Å². The van der Waals surface area contributed by atoms with Crippen molar-refractivity contribution < 1.29 is 9.90 Å². The van der Waals surface area contributed by atoms with Gasteiger partial charge in [-0.05, 0) is 30.2 Å². The molecule has 22 heavy (non-hydrogen) atoms. The van der Waals surface area contributed by atoms with E-state index in [0.29, 0.717) is 6.42 Å². The van der Waals surface area contributed by atoms with E-state index in [-0.39, 0.29) is 23.8 Å². The summed E-state index contributed by atoms with van der Waals surface area (Å²) in [5.74, 6) is 0.265. The Labute approximate surface area is 133 Å². The number of hydrogen-bond donors (Lipinski definition) is 1. The van der Waals surface area contributed by atoms with Crippen molar-refractivity contribution in [3.05, 3.63) is 48.6 Å². The molecule has 0 saturated carbocycles. The van der Waals surface area contributed by atoms with Gasteiger partial charge in [-0.2, -0.15) is 0 Å². The Kier molecular flexibility index (Phi) is 5.78. The minimum absolute atomic E-state index is 0.0219. The van der Waals surface area contributed by atoms with E-state index in [9.17, 15) is 9.90 Å². The fourth-order valence-corrected chi connectivity index (χ4v) is 3.21. The summed E-state index contributed by atoms with van der Waals surface area (Å²) in [5, 5.41) is 9.58. The van der Waals surface area contributed by atoms with E-state index in [2.05, 4.69) is 13.5 Å². The number of benzene rings is 1. The van der Waals surface area contributed by atoms with Crippen LogP contribution in [0.5, 0.6) is 0 Å². The molecule has 1 aliphatic rings. The van der Waals surface area contributed by atoms with Crippen molar-refractivity contribution in [2.45, 2.75) is 38.5 Å². The maximum atomic E-state index is 12.5. The maximum absolute atomic E-state index is 12.5. The highest BCUT2D eigenvalue weighted by molar-refractivity contribution is 5.77. The van der Waals surface area contributed by atoms with Gasteiger partial charge in [0.25, 0.3) is 0 Å². The summed E-state index contributed by atoms with van der Waals surface area (Å²) in [6, 6.07) is 10.1. The number of piperidine rings is 1. The number of nitrogens with zero attached hydrogens (tertiary/aromatic N) is 1. The summed E-state index contributed by atoms with van der Waals surface area (Å²) in [4.78, 5) is 14.5. The van der Waals surface area contributed by atoms with Crippen LogP contribution in [0, 0.1) is 5.41 Å². The highest BCUT2D eigenvalue weighted by Gasteiger charge is 2.34. The first-order valence-corrected chi connectivity index (χ1v) is 8.20. The molecule has 0 spiro atoms. The number of carbonyl (C=O) groups is 1. The fraction of sp³-hybridized carbons (Fsp3) is 0.526. The molecule has 120 valence electrons. The quantitative estimate of drug-likeness (QED) is 0.819. The number of hydrogen-bond acceptors (Lipinski definition) is 2. The largest absolute Gasteiger partial charge is 0.396 e. The summed E-state index contributed by atoms with van der Waals surface area (Å²) >= 11 is 0.